The van der Waals surface area contributed by atoms with Gasteiger partial charge in [0.1, 0.15) is 12.4 Å². The summed E-state index contributed by atoms with van der Waals surface area (Å²) in [6.45, 7) is 2.48. The highest BCUT2D eigenvalue weighted by Crippen LogP contribution is 2.14. The molecule has 0 aliphatic rings. The quantitative estimate of drug-likeness (QED) is 0.822. The van der Waals surface area contributed by atoms with Gasteiger partial charge >= 0.3 is 0 Å². The van der Waals surface area contributed by atoms with Gasteiger partial charge in [0, 0.05) is 6.20 Å². The Kier molecular flexibility index (Phi) is 3.93. The molecule has 3 heteroatoms. The second kappa shape index (κ2) is 5.83. The zero-order valence-electron chi connectivity index (χ0n) is 10.3. The molecule has 18 heavy (non-hydrogen) atoms. The van der Waals surface area contributed by atoms with Crippen molar-refractivity contribution in [3.05, 3.63) is 59.4 Å². The summed E-state index contributed by atoms with van der Waals surface area (Å²) in [5.41, 5.74) is 3.07. The van der Waals surface area contributed by atoms with E-state index in [-0.39, 0.29) is 0 Å². The number of benzene rings is 1. The lowest BCUT2D eigenvalue weighted by atomic mass is 10.2. The molecule has 0 aliphatic carbocycles. The van der Waals surface area contributed by atoms with Gasteiger partial charge in [-0.3, -0.25) is 4.98 Å². The zero-order chi connectivity index (χ0) is 12.8. The Labute approximate surface area is 107 Å². The summed E-state index contributed by atoms with van der Waals surface area (Å²) < 4.78 is 5.66. The molecule has 0 saturated heterocycles. The number of hydrogen-bond donors (Lipinski definition) is 0. The zero-order valence-corrected chi connectivity index (χ0v) is 10.3. The fourth-order valence-corrected chi connectivity index (χ4v) is 1.62. The molecule has 0 amide bonds. The molecule has 0 radical (unpaired) electrons. The molecule has 0 saturated carbocycles. The van der Waals surface area contributed by atoms with Crippen molar-refractivity contribution in [2.75, 3.05) is 0 Å². The van der Waals surface area contributed by atoms with Gasteiger partial charge in [-0.25, -0.2) is 0 Å². The van der Waals surface area contributed by atoms with E-state index in [0.29, 0.717) is 13.0 Å². The van der Waals surface area contributed by atoms with Crippen LogP contribution in [0.25, 0.3) is 0 Å². The van der Waals surface area contributed by atoms with Crippen LogP contribution in [0.5, 0.6) is 5.75 Å². The number of ether oxygens (including phenoxy) is 1. The van der Waals surface area contributed by atoms with E-state index < -0.39 is 0 Å². The molecule has 1 aromatic carbocycles. The lowest BCUT2D eigenvalue weighted by Crippen LogP contribution is -2.00. The average Bonchev–Trinajstić information content (AvgIpc) is 2.40. The Balaban J connectivity index is 1.98. The lowest BCUT2D eigenvalue weighted by molar-refractivity contribution is 0.300. The van der Waals surface area contributed by atoms with Crippen molar-refractivity contribution >= 4 is 0 Å². The van der Waals surface area contributed by atoms with E-state index in [9.17, 15) is 0 Å². The fourth-order valence-electron chi connectivity index (χ4n) is 1.62. The Morgan fingerprint density at radius 3 is 2.67 bits per heavy atom. The lowest BCUT2D eigenvalue weighted by Gasteiger charge is -2.07. The largest absolute Gasteiger partial charge is 0.487 e. The molecule has 1 heterocycles. The van der Waals surface area contributed by atoms with Crippen LogP contribution < -0.4 is 4.74 Å². The molecule has 0 fully saturated rings. The van der Waals surface area contributed by atoms with E-state index in [4.69, 9.17) is 10.00 Å². The molecular weight excluding hydrogens is 224 g/mol. The molecule has 0 bridgehead atoms. The van der Waals surface area contributed by atoms with Crippen LogP contribution in [0.3, 0.4) is 0 Å². The minimum absolute atomic E-state index is 0.430. The second-order valence-corrected chi connectivity index (χ2v) is 4.03. The molecule has 0 aliphatic heterocycles. The molecule has 2 aromatic rings. The van der Waals surface area contributed by atoms with Crippen molar-refractivity contribution in [3.63, 3.8) is 0 Å². The van der Waals surface area contributed by atoms with Gasteiger partial charge in [-0.2, -0.15) is 5.26 Å². The molecule has 2 rings (SSSR count). The highest BCUT2D eigenvalue weighted by atomic mass is 16.5. The van der Waals surface area contributed by atoms with Crippen molar-refractivity contribution in [3.8, 4) is 11.8 Å². The maximum Gasteiger partial charge on any atom is 0.130 e. The highest BCUT2D eigenvalue weighted by molar-refractivity contribution is 5.29. The average molecular weight is 238 g/mol. The van der Waals surface area contributed by atoms with E-state index in [1.54, 1.807) is 6.20 Å². The van der Waals surface area contributed by atoms with Crippen LogP contribution in [0.4, 0.5) is 0 Å². The van der Waals surface area contributed by atoms with Gasteiger partial charge < -0.3 is 4.74 Å². The first kappa shape index (κ1) is 12.1. The maximum atomic E-state index is 8.58. The van der Waals surface area contributed by atoms with Gasteiger partial charge in [-0.15, -0.1) is 0 Å². The Morgan fingerprint density at radius 1 is 1.22 bits per heavy atom. The Morgan fingerprint density at radius 2 is 2.00 bits per heavy atom. The van der Waals surface area contributed by atoms with Crippen LogP contribution in [-0.4, -0.2) is 4.98 Å². The first-order chi connectivity index (χ1) is 8.79. The van der Waals surface area contributed by atoms with Crippen LogP contribution in [-0.2, 0) is 13.0 Å². The van der Waals surface area contributed by atoms with Gasteiger partial charge in [0.15, 0.2) is 0 Å². The van der Waals surface area contributed by atoms with E-state index >= 15 is 0 Å². The Hall–Kier alpha value is -2.34. The highest BCUT2D eigenvalue weighted by Gasteiger charge is 2.00. The standard InChI is InChI=1S/C15H14N2O/c1-12-3-2-10-17-15(12)11-18-14-6-4-13(5-7-14)8-9-16/h2-7,10H,8,11H2,1H3. The monoisotopic (exact) mass is 238 g/mol. The van der Waals surface area contributed by atoms with Gasteiger partial charge in [-0.1, -0.05) is 18.2 Å². The van der Waals surface area contributed by atoms with Crippen LogP contribution in [0.1, 0.15) is 16.8 Å². The van der Waals surface area contributed by atoms with Gasteiger partial charge in [-0.05, 0) is 36.2 Å². The van der Waals surface area contributed by atoms with Crippen molar-refractivity contribution in [1.29, 1.82) is 5.26 Å². The van der Waals surface area contributed by atoms with Crippen LogP contribution >= 0.6 is 0 Å². The summed E-state index contributed by atoms with van der Waals surface area (Å²) in [6, 6.07) is 13.6. The predicted octanol–water partition coefficient (Wildman–Crippen LogP) is 3.04. The first-order valence-corrected chi connectivity index (χ1v) is 5.79. The van der Waals surface area contributed by atoms with Gasteiger partial charge in [0.2, 0.25) is 0 Å². The SMILES string of the molecule is Cc1cccnc1COc1ccc(CC#N)cc1. The number of hydrogen-bond acceptors (Lipinski definition) is 3. The van der Waals surface area contributed by atoms with E-state index in [0.717, 1.165) is 22.6 Å². The second-order valence-electron chi connectivity index (χ2n) is 4.03. The van der Waals surface area contributed by atoms with Gasteiger partial charge in [0.05, 0.1) is 18.2 Å². The smallest absolute Gasteiger partial charge is 0.130 e. The summed E-state index contributed by atoms with van der Waals surface area (Å²) in [5.74, 6) is 0.793. The minimum Gasteiger partial charge on any atom is -0.487 e. The van der Waals surface area contributed by atoms with Crippen LogP contribution in [0.15, 0.2) is 42.6 Å². The third kappa shape index (κ3) is 3.08. The molecule has 0 N–H and O–H groups in total. The van der Waals surface area contributed by atoms with Crippen LogP contribution in [0, 0.1) is 18.3 Å². The summed E-state index contributed by atoms with van der Waals surface area (Å²) in [4.78, 5) is 4.27. The minimum atomic E-state index is 0.430. The van der Waals surface area contributed by atoms with E-state index in [1.165, 1.54) is 0 Å². The van der Waals surface area contributed by atoms with Crippen molar-refractivity contribution in [2.24, 2.45) is 0 Å². The summed E-state index contributed by atoms with van der Waals surface area (Å²) in [6.07, 6.45) is 2.20. The Bertz CT molecular complexity index is 555. The van der Waals surface area contributed by atoms with Crippen molar-refractivity contribution in [1.82, 2.24) is 4.98 Å². The normalized spacial score (nSPS) is 9.78. The van der Waals surface area contributed by atoms with Crippen LogP contribution in [0.2, 0.25) is 0 Å². The third-order valence-electron chi connectivity index (χ3n) is 2.70. The fraction of sp³-hybridized carbons (Fsp3) is 0.200. The molecule has 1 aromatic heterocycles. The summed E-state index contributed by atoms with van der Waals surface area (Å²) in [5, 5.41) is 8.58. The number of nitrogens with zero attached hydrogens (tertiary/aromatic N) is 2. The molecular formula is C15H14N2O. The maximum absolute atomic E-state index is 8.58. The predicted molar refractivity (Wildman–Crippen MR) is 69.1 cm³/mol. The number of rotatable bonds is 4. The number of nitriles is 1. The third-order valence-corrected chi connectivity index (χ3v) is 2.70. The number of pyridine rings is 1. The molecule has 0 spiro atoms. The van der Waals surface area contributed by atoms with Crippen molar-refractivity contribution in [2.45, 2.75) is 20.0 Å². The molecule has 90 valence electrons. The topological polar surface area (TPSA) is 45.9 Å². The summed E-state index contributed by atoms with van der Waals surface area (Å²) >= 11 is 0. The number of aromatic nitrogens is 1. The molecule has 0 unspecified atom stereocenters. The number of aryl methyl sites for hydroxylation is 1. The van der Waals surface area contributed by atoms with Gasteiger partial charge in [0.25, 0.3) is 0 Å². The summed E-state index contributed by atoms with van der Waals surface area (Å²) in [7, 11) is 0. The van der Waals surface area contributed by atoms with Crippen molar-refractivity contribution < 1.29 is 4.74 Å². The molecule has 0 atom stereocenters. The first-order valence-electron chi connectivity index (χ1n) is 5.79. The van der Waals surface area contributed by atoms with E-state index in [2.05, 4.69) is 11.1 Å². The molecule has 3 nitrogen and oxygen atoms in total. The van der Waals surface area contributed by atoms with E-state index in [1.807, 2.05) is 43.3 Å².